The molecule has 6 heteroatoms. The minimum absolute atomic E-state index is 0.113. The van der Waals surface area contributed by atoms with E-state index in [1.54, 1.807) is 6.07 Å². The number of benzene rings is 1. The summed E-state index contributed by atoms with van der Waals surface area (Å²) in [5.41, 5.74) is 1.35. The van der Waals surface area contributed by atoms with Gasteiger partial charge < -0.3 is 4.90 Å². The monoisotopic (exact) mass is 341 g/mol. The van der Waals surface area contributed by atoms with Crippen molar-refractivity contribution in [2.75, 3.05) is 31.1 Å². The quantitative estimate of drug-likeness (QED) is 0.611. The fourth-order valence-electron chi connectivity index (χ4n) is 2.48. The number of nitrogens with zero attached hydrogens (tertiary/aromatic N) is 3. The molecular formula is C14H20BrN3O2. The summed E-state index contributed by atoms with van der Waals surface area (Å²) >= 11 is 3.28. The Balaban J connectivity index is 2.08. The highest BCUT2D eigenvalue weighted by atomic mass is 79.9. The molecule has 20 heavy (non-hydrogen) atoms. The van der Waals surface area contributed by atoms with Crippen molar-refractivity contribution in [3.05, 3.63) is 32.8 Å². The molecule has 0 aromatic heterocycles. The fraction of sp³-hybridized carbons (Fsp3) is 0.571. The first kappa shape index (κ1) is 15.3. The molecule has 0 amide bonds. The second-order valence-corrected chi connectivity index (χ2v) is 6.89. The van der Waals surface area contributed by atoms with Crippen LogP contribution in [-0.2, 0) is 0 Å². The molecule has 1 aromatic carbocycles. The van der Waals surface area contributed by atoms with Gasteiger partial charge in [-0.1, -0.05) is 0 Å². The molecule has 1 heterocycles. The van der Waals surface area contributed by atoms with Crippen LogP contribution in [0.25, 0.3) is 0 Å². The van der Waals surface area contributed by atoms with E-state index in [1.165, 1.54) is 0 Å². The molecule has 110 valence electrons. The van der Waals surface area contributed by atoms with Gasteiger partial charge in [-0.2, -0.15) is 0 Å². The molecule has 1 fully saturated rings. The predicted octanol–water partition coefficient (Wildman–Crippen LogP) is 3.28. The summed E-state index contributed by atoms with van der Waals surface area (Å²) in [5, 5.41) is 10.8. The number of halogens is 1. The van der Waals surface area contributed by atoms with Gasteiger partial charge in [0.05, 0.1) is 9.40 Å². The molecule has 0 unspecified atom stereocenters. The predicted molar refractivity (Wildman–Crippen MR) is 84.3 cm³/mol. The van der Waals surface area contributed by atoms with Gasteiger partial charge in [0.15, 0.2) is 0 Å². The van der Waals surface area contributed by atoms with Crippen molar-refractivity contribution >= 4 is 27.3 Å². The average Bonchev–Trinajstić information content (AvgIpc) is 2.37. The van der Waals surface area contributed by atoms with E-state index < -0.39 is 0 Å². The van der Waals surface area contributed by atoms with Crippen LogP contribution >= 0.6 is 15.9 Å². The summed E-state index contributed by atoms with van der Waals surface area (Å²) in [6.07, 6.45) is 0. The van der Waals surface area contributed by atoms with Crippen molar-refractivity contribution in [1.29, 1.82) is 0 Å². The first-order valence-corrected chi connectivity index (χ1v) is 7.52. The van der Waals surface area contributed by atoms with Crippen molar-refractivity contribution in [1.82, 2.24) is 4.90 Å². The number of hydrogen-bond donors (Lipinski definition) is 0. The van der Waals surface area contributed by atoms with Crippen LogP contribution in [-0.4, -0.2) is 41.5 Å². The molecule has 0 aliphatic carbocycles. The van der Waals surface area contributed by atoms with Gasteiger partial charge in [-0.3, -0.25) is 15.0 Å². The zero-order valence-electron chi connectivity index (χ0n) is 12.1. The van der Waals surface area contributed by atoms with Crippen molar-refractivity contribution in [3.63, 3.8) is 0 Å². The Labute approximate surface area is 127 Å². The van der Waals surface area contributed by atoms with E-state index in [2.05, 4.69) is 46.5 Å². The Morgan fingerprint density at radius 3 is 2.25 bits per heavy atom. The van der Waals surface area contributed by atoms with Crippen LogP contribution in [0.2, 0.25) is 0 Å². The fourth-order valence-corrected chi connectivity index (χ4v) is 2.99. The molecule has 0 spiro atoms. The Hall–Kier alpha value is -1.14. The van der Waals surface area contributed by atoms with E-state index in [-0.39, 0.29) is 16.1 Å². The Kier molecular flexibility index (Phi) is 4.34. The molecule has 1 aromatic rings. The van der Waals surface area contributed by atoms with E-state index in [0.717, 1.165) is 31.9 Å². The zero-order valence-corrected chi connectivity index (χ0v) is 13.7. The van der Waals surface area contributed by atoms with Crippen molar-refractivity contribution < 1.29 is 4.92 Å². The highest BCUT2D eigenvalue weighted by Gasteiger charge is 2.26. The van der Waals surface area contributed by atoms with Gasteiger partial charge in [0, 0.05) is 43.5 Å². The third-order valence-electron chi connectivity index (χ3n) is 3.72. The number of hydrogen-bond acceptors (Lipinski definition) is 4. The van der Waals surface area contributed by atoms with Gasteiger partial charge in [-0.05, 0) is 48.8 Å². The van der Waals surface area contributed by atoms with Crippen LogP contribution in [0.4, 0.5) is 11.4 Å². The van der Waals surface area contributed by atoms with Gasteiger partial charge in [0.2, 0.25) is 0 Å². The molecule has 5 nitrogen and oxygen atoms in total. The second kappa shape index (κ2) is 5.69. The summed E-state index contributed by atoms with van der Waals surface area (Å²) in [7, 11) is 0. The van der Waals surface area contributed by atoms with Crippen LogP contribution < -0.4 is 4.90 Å². The number of rotatable bonds is 2. The van der Waals surface area contributed by atoms with Crippen molar-refractivity contribution in [2.45, 2.75) is 26.3 Å². The number of nitro groups is 1. The highest BCUT2D eigenvalue weighted by Crippen LogP contribution is 2.30. The minimum Gasteiger partial charge on any atom is -0.369 e. The lowest BCUT2D eigenvalue weighted by atomic mass is 10.0. The molecule has 0 atom stereocenters. The van der Waals surface area contributed by atoms with E-state index in [1.807, 2.05) is 12.1 Å². The summed E-state index contributed by atoms with van der Waals surface area (Å²) in [6, 6.07) is 5.23. The Morgan fingerprint density at radius 1 is 1.20 bits per heavy atom. The van der Waals surface area contributed by atoms with Crippen LogP contribution in [0.15, 0.2) is 22.7 Å². The molecule has 0 N–H and O–H groups in total. The summed E-state index contributed by atoms with van der Waals surface area (Å²) in [6.45, 7) is 10.6. The maximum Gasteiger partial charge on any atom is 0.283 e. The average molecular weight is 342 g/mol. The molecule has 1 aliphatic heterocycles. The Morgan fingerprint density at radius 2 is 1.80 bits per heavy atom. The zero-order chi connectivity index (χ0) is 14.9. The van der Waals surface area contributed by atoms with Gasteiger partial charge in [-0.25, -0.2) is 0 Å². The normalized spacial score (nSPS) is 17.3. The van der Waals surface area contributed by atoms with Crippen LogP contribution in [0.1, 0.15) is 20.8 Å². The van der Waals surface area contributed by atoms with Gasteiger partial charge in [0.1, 0.15) is 0 Å². The number of nitro benzene ring substituents is 1. The first-order valence-electron chi connectivity index (χ1n) is 6.73. The third kappa shape index (κ3) is 3.30. The van der Waals surface area contributed by atoms with Gasteiger partial charge >= 0.3 is 0 Å². The highest BCUT2D eigenvalue weighted by molar-refractivity contribution is 9.10. The standard InChI is InChI=1S/C14H20BrN3O2/c1-14(2,3)17-8-6-16(7-9-17)11-4-5-13(18(19)20)12(15)10-11/h4-5,10H,6-9H2,1-3H3. The maximum absolute atomic E-state index is 10.8. The van der Waals surface area contributed by atoms with E-state index >= 15 is 0 Å². The van der Waals surface area contributed by atoms with Crippen LogP contribution in [0.3, 0.4) is 0 Å². The topological polar surface area (TPSA) is 49.6 Å². The smallest absolute Gasteiger partial charge is 0.283 e. The van der Waals surface area contributed by atoms with E-state index in [4.69, 9.17) is 0 Å². The Bertz CT molecular complexity index is 506. The minimum atomic E-state index is -0.370. The summed E-state index contributed by atoms with van der Waals surface area (Å²) in [5.74, 6) is 0. The number of anilines is 1. The lowest BCUT2D eigenvalue weighted by molar-refractivity contribution is -0.385. The first-order chi connectivity index (χ1) is 9.29. The van der Waals surface area contributed by atoms with Crippen molar-refractivity contribution in [2.24, 2.45) is 0 Å². The third-order valence-corrected chi connectivity index (χ3v) is 4.36. The molecule has 0 radical (unpaired) electrons. The molecule has 1 aliphatic rings. The maximum atomic E-state index is 10.8. The molecule has 0 bridgehead atoms. The lowest BCUT2D eigenvalue weighted by Gasteiger charge is -2.43. The molecule has 1 saturated heterocycles. The van der Waals surface area contributed by atoms with Crippen molar-refractivity contribution in [3.8, 4) is 0 Å². The number of piperazine rings is 1. The van der Waals surface area contributed by atoms with E-state index in [9.17, 15) is 10.1 Å². The lowest BCUT2D eigenvalue weighted by Crippen LogP contribution is -2.53. The molecule has 2 rings (SSSR count). The second-order valence-electron chi connectivity index (χ2n) is 6.04. The van der Waals surface area contributed by atoms with Gasteiger partial charge in [0.25, 0.3) is 5.69 Å². The van der Waals surface area contributed by atoms with E-state index in [0.29, 0.717) is 4.47 Å². The van der Waals surface area contributed by atoms with Crippen LogP contribution in [0.5, 0.6) is 0 Å². The summed E-state index contributed by atoms with van der Waals surface area (Å²) < 4.78 is 0.540. The molecular weight excluding hydrogens is 322 g/mol. The van der Waals surface area contributed by atoms with Gasteiger partial charge in [-0.15, -0.1) is 0 Å². The van der Waals surface area contributed by atoms with Crippen LogP contribution in [0, 0.1) is 10.1 Å². The summed E-state index contributed by atoms with van der Waals surface area (Å²) in [4.78, 5) is 15.2. The largest absolute Gasteiger partial charge is 0.369 e. The molecule has 0 saturated carbocycles. The SMILES string of the molecule is CC(C)(C)N1CCN(c2ccc([N+](=O)[O-])c(Br)c2)CC1.